The van der Waals surface area contributed by atoms with E-state index < -0.39 is 0 Å². The van der Waals surface area contributed by atoms with E-state index in [0.29, 0.717) is 17.9 Å². The highest BCUT2D eigenvalue weighted by atomic mass is 16.3. The summed E-state index contributed by atoms with van der Waals surface area (Å²) in [7, 11) is 0. The molecule has 0 radical (unpaired) electrons. The van der Waals surface area contributed by atoms with Gasteiger partial charge in [0.15, 0.2) is 0 Å². The summed E-state index contributed by atoms with van der Waals surface area (Å²) in [6.07, 6.45) is 4.58. The molecule has 1 rings (SSSR count). The van der Waals surface area contributed by atoms with Gasteiger partial charge in [-0.15, -0.1) is 0 Å². The third-order valence-electron chi connectivity index (χ3n) is 3.02. The highest BCUT2D eigenvalue weighted by Gasteiger charge is 2.16. The molecule has 0 aliphatic heterocycles. The number of hydrogen-bond donors (Lipinski definition) is 2. The molecule has 0 aliphatic carbocycles. The lowest BCUT2D eigenvalue weighted by atomic mass is 9.96. The average molecular weight is 236 g/mol. The first-order chi connectivity index (χ1) is 8.15. The summed E-state index contributed by atoms with van der Waals surface area (Å²) >= 11 is 0. The topological polar surface area (TPSA) is 45.1 Å². The minimum atomic E-state index is 0.266. The maximum Gasteiger partial charge on any atom is 0.0434 e. The molecule has 0 saturated heterocycles. The van der Waals surface area contributed by atoms with Gasteiger partial charge >= 0.3 is 0 Å². The number of nitrogens with one attached hydrogen (secondary N) is 1. The maximum absolute atomic E-state index is 8.89. The number of nitrogens with zero attached hydrogens (tertiary/aromatic N) is 1. The Hall–Kier alpha value is -0.930. The van der Waals surface area contributed by atoms with Gasteiger partial charge in [0.1, 0.15) is 0 Å². The third-order valence-corrected chi connectivity index (χ3v) is 3.02. The number of aliphatic hydroxyl groups is 1. The van der Waals surface area contributed by atoms with Crippen LogP contribution in [0.25, 0.3) is 0 Å². The van der Waals surface area contributed by atoms with Gasteiger partial charge < -0.3 is 10.4 Å². The predicted molar refractivity (Wildman–Crippen MR) is 70.7 cm³/mol. The van der Waals surface area contributed by atoms with E-state index in [1.165, 1.54) is 5.56 Å². The molecule has 0 bridgehead atoms. The highest BCUT2D eigenvalue weighted by Crippen LogP contribution is 2.20. The number of rotatable bonds is 7. The zero-order valence-corrected chi connectivity index (χ0v) is 11.1. The fourth-order valence-electron chi connectivity index (χ4n) is 1.95. The van der Waals surface area contributed by atoms with Crippen molar-refractivity contribution < 1.29 is 5.11 Å². The molecule has 2 unspecified atom stereocenters. The second kappa shape index (κ2) is 7.41. The third kappa shape index (κ3) is 4.84. The Morgan fingerprint density at radius 1 is 1.35 bits per heavy atom. The minimum Gasteiger partial charge on any atom is -0.396 e. The van der Waals surface area contributed by atoms with Crippen molar-refractivity contribution in [1.82, 2.24) is 10.3 Å². The number of aliphatic hydroxyl groups excluding tert-OH is 1. The molecule has 3 heteroatoms. The molecule has 3 nitrogen and oxygen atoms in total. The zero-order chi connectivity index (χ0) is 12.7. The predicted octanol–water partition coefficient (Wildman–Crippen LogP) is 2.39. The van der Waals surface area contributed by atoms with Crippen LogP contribution >= 0.6 is 0 Å². The zero-order valence-electron chi connectivity index (χ0n) is 11.1. The first-order valence-corrected chi connectivity index (χ1v) is 6.39. The number of pyridine rings is 1. The van der Waals surface area contributed by atoms with E-state index in [9.17, 15) is 0 Å². The molecule has 0 aromatic carbocycles. The summed E-state index contributed by atoms with van der Waals surface area (Å²) in [4.78, 5) is 4.17. The molecular weight excluding hydrogens is 212 g/mol. The van der Waals surface area contributed by atoms with Crippen LogP contribution < -0.4 is 5.32 Å². The SMILES string of the molecule is CC(CCO)CNC(c1cccnc1)C(C)C. The standard InChI is InChI=1S/C14H24N2O/c1-11(2)14(13-5-4-7-15-10-13)16-9-12(3)6-8-17/h4-5,7,10-12,14,16-17H,6,8-9H2,1-3H3. The lowest BCUT2D eigenvalue weighted by Crippen LogP contribution is -2.30. The molecule has 2 atom stereocenters. The van der Waals surface area contributed by atoms with Crippen LogP contribution in [-0.4, -0.2) is 23.2 Å². The van der Waals surface area contributed by atoms with Gasteiger partial charge in [-0.3, -0.25) is 4.98 Å². The quantitative estimate of drug-likeness (QED) is 0.764. The van der Waals surface area contributed by atoms with Gasteiger partial charge in [0.2, 0.25) is 0 Å². The van der Waals surface area contributed by atoms with Gasteiger partial charge in [-0.1, -0.05) is 26.8 Å². The Kier molecular flexibility index (Phi) is 6.16. The maximum atomic E-state index is 8.89. The Labute approximate surface area is 104 Å². The summed E-state index contributed by atoms with van der Waals surface area (Å²) < 4.78 is 0. The van der Waals surface area contributed by atoms with Gasteiger partial charge in [-0.2, -0.15) is 0 Å². The minimum absolute atomic E-state index is 0.266. The fraction of sp³-hybridized carbons (Fsp3) is 0.643. The van der Waals surface area contributed by atoms with Gasteiger partial charge in [0.25, 0.3) is 0 Å². The lowest BCUT2D eigenvalue weighted by Gasteiger charge is -2.24. The molecule has 0 spiro atoms. The summed E-state index contributed by atoms with van der Waals surface area (Å²) in [5.41, 5.74) is 1.23. The van der Waals surface area contributed by atoms with Crippen molar-refractivity contribution in [1.29, 1.82) is 0 Å². The van der Waals surface area contributed by atoms with Crippen molar-refractivity contribution in [3.05, 3.63) is 30.1 Å². The van der Waals surface area contributed by atoms with Crippen molar-refractivity contribution in [2.45, 2.75) is 33.2 Å². The molecule has 17 heavy (non-hydrogen) atoms. The molecule has 0 saturated carbocycles. The Bertz CT molecular complexity index is 300. The Morgan fingerprint density at radius 3 is 2.65 bits per heavy atom. The normalized spacial score (nSPS) is 14.9. The molecule has 1 heterocycles. The molecule has 0 aliphatic rings. The number of hydrogen-bond acceptors (Lipinski definition) is 3. The summed E-state index contributed by atoms with van der Waals surface area (Å²) in [6, 6.07) is 4.43. The van der Waals surface area contributed by atoms with Crippen LogP contribution in [0.2, 0.25) is 0 Å². The molecule has 1 aromatic heterocycles. The Balaban J connectivity index is 2.56. The Morgan fingerprint density at radius 2 is 2.12 bits per heavy atom. The van der Waals surface area contributed by atoms with E-state index >= 15 is 0 Å². The van der Waals surface area contributed by atoms with Crippen LogP contribution in [0.15, 0.2) is 24.5 Å². The van der Waals surface area contributed by atoms with Crippen molar-refractivity contribution >= 4 is 0 Å². The van der Waals surface area contributed by atoms with Crippen molar-refractivity contribution in [3.63, 3.8) is 0 Å². The van der Waals surface area contributed by atoms with E-state index in [2.05, 4.69) is 37.1 Å². The van der Waals surface area contributed by atoms with Crippen LogP contribution in [-0.2, 0) is 0 Å². The van der Waals surface area contributed by atoms with Crippen molar-refractivity contribution in [2.24, 2.45) is 11.8 Å². The van der Waals surface area contributed by atoms with Gasteiger partial charge in [-0.25, -0.2) is 0 Å². The average Bonchev–Trinajstić information content (AvgIpc) is 2.30. The highest BCUT2D eigenvalue weighted by molar-refractivity contribution is 5.14. The van der Waals surface area contributed by atoms with Crippen LogP contribution in [0, 0.1) is 11.8 Å². The summed E-state index contributed by atoms with van der Waals surface area (Å²) in [6.45, 7) is 7.77. The van der Waals surface area contributed by atoms with Gasteiger partial charge in [0.05, 0.1) is 0 Å². The molecule has 96 valence electrons. The van der Waals surface area contributed by atoms with E-state index in [-0.39, 0.29) is 6.61 Å². The number of aromatic nitrogens is 1. The first kappa shape index (κ1) is 14.1. The van der Waals surface area contributed by atoms with E-state index in [0.717, 1.165) is 13.0 Å². The first-order valence-electron chi connectivity index (χ1n) is 6.39. The molecule has 0 amide bonds. The summed E-state index contributed by atoms with van der Waals surface area (Å²) in [5.74, 6) is 1.03. The largest absolute Gasteiger partial charge is 0.396 e. The van der Waals surface area contributed by atoms with Crippen molar-refractivity contribution in [2.75, 3.05) is 13.2 Å². The smallest absolute Gasteiger partial charge is 0.0434 e. The van der Waals surface area contributed by atoms with Crippen LogP contribution in [0.4, 0.5) is 0 Å². The lowest BCUT2D eigenvalue weighted by molar-refractivity contribution is 0.254. The van der Waals surface area contributed by atoms with Gasteiger partial charge in [-0.05, 0) is 36.4 Å². The van der Waals surface area contributed by atoms with E-state index in [4.69, 9.17) is 5.11 Å². The molecule has 2 N–H and O–H groups in total. The van der Waals surface area contributed by atoms with Gasteiger partial charge in [0, 0.05) is 25.0 Å². The van der Waals surface area contributed by atoms with Crippen molar-refractivity contribution in [3.8, 4) is 0 Å². The second-order valence-corrected chi connectivity index (χ2v) is 5.03. The monoisotopic (exact) mass is 236 g/mol. The molecule has 1 aromatic rings. The van der Waals surface area contributed by atoms with Crippen LogP contribution in [0.5, 0.6) is 0 Å². The molecule has 0 fully saturated rings. The summed E-state index contributed by atoms with van der Waals surface area (Å²) in [5, 5.41) is 12.5. The fourth-order valence-corrected chi connectivity index (χ4v) is 1.95. The molecular formula is C14H24N2O. The van der Waals surface area contributed by atoms with E-state index in [1.807, 2.05) is 12.3 Å². The second-order valence-electron chi connectivity index (χ2n) is 5.03. The van der Waals surface area contributed by atoms with E-state index in [1.54, 1.807) is 6.20 Å². The van der Waals surface area contributed by atoms with Crippen LogP contribution in [0.1, 0.15) is 38.8 Å². The van der Waals surface area contributed by atoms with Crippen LogP contribution in [0.3, 0.4) is 0 Å².